The summed E-state index contributed by atoms with van der Waals surface area (Å²) in [7, 11) is 1.51. The van der Waals surface area contributed by atoms with Crippen LogP contribution in [0.3, 0.4) is 0 Å². The molecule has 0 unspecified atom stereocenters. The van der Waals surface area contributed by atoms with Gasteiger partial charge in [-0.1, -0.05) is 0 Å². The van der Waals surface area contributed by atoms with Crippen molar-refractivity contribution in [2.45, 2.75) is 26.4 Å². The van der Waals surface area contributed by atoms with Crippen molar-refractivity contribution < 1.29 is 14.3 Å². The van der Waals surface area contributed by atoms with Crippen LogP contribution in [0.5, 0.6) is 5.75 Å². The summed E-state index contributed by atoms with van der Waals surface area (Å²) < 4.78 is 10.8. The van der Waals surface area contributed by atoms with Gasteiger partial charge in [-0.25, -0.2) is 9.78 Å². The lowest BCUT2D eigenvalue weighted by Crippen LogP contribution is -2.27. The first kappa shape index (κ1) is 13.8. The van der Waals surface area contributed by atoms with E-state index >= 15 is 0 Å². The molecule has 0 aliphatic rings. The molecular formula is C11H15BrN2O3. The Balaban J connectivity index is 2.80. The van der Waals surface area contributed by atoms with Gasteiger partial charge < -0.3 is 9.47 Å². The summed E-state index contributed by atoms with van der Waals surface area (Å²) in [6.45, 7) is 5.37. The fourth-order valence-electron chi connectivity index (χ4n) is 1.08. The summed E-state index contributed by atoms with van der Waals surface area (Å²) in [5.74, 6) is 0.787. The fraction of sp³-hybridized carbons (Fsp3) is 0.455. The highest BCUT2D eigenvalue weighted by Gasteiger charge is 2.18. The number of methoxy groups -OCH3 is 1. The van der Waals surface area contributed by atoms with E-state index in [-0.39, 0.29) is 0 Å². The van der Waals surface area contributed by atoms with Gasteiger partial charge in [0.15, 0.2) is 11.6 Å². The molecule has 94 valence electrons. The highest BCUT2D eigenvalue weighted by molar-refractivity contribution is 9.10. The molecule has 0 aliphatic carbocycles. The largest absolute Gasteiger partial charge is 0.493 e. The monoisotopic (exact) mass is 302 g/mol. The van der Waals surface area contributed by atoms with Crippen LogP contribution >= 0.6 is 15.9 Å². The number of carbonyl (C=O) groups is 1. The molecule has 1 aromatic rings. The van der Waals surface area contributed by atoms with Crippen LogP contribution in [0.2, 0.25) is 0 Å². The number of carbonyl (C=O) groups excluding carboxylic acids is 1. The maximum atomic E-state index is 11.6. The minimum absolute atomic E-state index is 0.316. The molecule has 1 amide bonds. The molecule has 1 rings (SSSR count). The second-order valence-corrected chi connectivity index (χ2v) is 5.12. The predicted molar refractivity (Wildman–Crippen MR) is 68.3 cm³/mol. The number of hydrogen-bond acceptors (Lipinski definition) is 4. The van der Waals surface area contributed by atoms with Crippen molar-refractivity contribution in [1.29, 1.82) is 0 Å². The number of ether oxygens (including phenoxy) is 2. The first-order valence-corrected chi connectivity index (χ1v) is 5.81. The standard InChI is InChI=1S/C11H15BrN2O3/c1-11(2,3)17-10(15)14-9-7(16-4)5-6-8(12)13-9/h5-6H,1-4H3,(H,13,14,15). The molecule has 0 saturated heterocycles. The molecule has 6 heteroatoms. The highest BCUT2D eigenvalue weighted by atomic mass is 79.9. The van der Waals surface area contributed by atoms with Gasteiger partial charge in [-0.2, -0.15) is 0 Å². The molecule has 0 bridgehead atoms. The third-order valence-corrected chi connectivity index (χ3v) is 2.11. The zero-order chi connectivity index (χ0) is 13.1. The molecule has 0 spiro atoms. The molecule has 5 nitrogen and oxygen atoms in total. The maximum Gasteiger partial charge on any atom is 0.413 e. The second-order valence-electron chi connectivity index (χ2n) is 4.31. The number of anilines is 1. The van der Waals surface area contributed by atoms with E-state index in [1.807, 2.05) is 0 Å². The van der Waals surface area contributed by atoms with E-state index in [4.69, 9.17) is 9.47 Å². The van der Waals surface area contributed by atoms with Crippen molar-refractivity contribution >= 4 is 27.8 Å². The van der Waals surface area contributed by atoms with Crippen LogP contribution in [-0.4, -0.2) is 23.8 Å². The number of amides is 1. The number of nitrogens with zero attached hydrogens (tertiary/aromatic N) is 1. The molecule has 0 aromatic carbocycles. The Labute approximate surface area is 109 Å². The van der Waals surface area contributed by atoms with E-state index in [0.717, 1.165) is 0 Å². The summed E-state index contributed by atoms with van der Waals surface area (Å²) in [4.78, 5) is 15.7. The third-order valence-electron chi connectivity index (χ3n) is 1.66. The van der Waals surface area contributed by atoms with Crippen LogP contribution in [0.25, 0.3) is 0 Å². The number of nitrogens with one attached hydrogen (secondary N) is 1. The zero-order valence-electron chi connectivity index (χ0n) is 10.2. The normalized spacial score (nSPS) is 10.9. The number of hydrogen-bond donors (Lipinski definition) is 1. The van der Waals surface area contributed by atoms with Crippen molar-refractivity contribution in [1.82, 2.24) is 4.98 Å². The van der Waals surface area contributed by atoms with Crippen molar-refractivity contribution in [2.24, 2.45) is 0 Å². The minimum atomic E-state index is -0.568. The van der Waals surface area contributed by atoms with Gasteiger partial charge in [0.25, 0.3) is 0 Å². The number of pyridine rings is 1. The van der Waals surface area contributed by atoms with Gasteiger partial charge in [-0.05, 0) is 48.8 Å². The molecule has 17 heavy (non-hydrogen) atoms. The highest BCUT2D eigenvalue weighted by Crippen LogP contribution is 2.24. The Morgan fingerprint density at radius 2 is 2.06 bits per heavy atom. The van der Waals surface area contributed by atoms with Crippen LogP contribution in [0.4, 0.5) is 10.6 Å². The molecule has 0 atom stereocenters. The summed E-state index contributed by atoms with van der Waals surface area (Å²) in [5, 5.41) is 2.53. The summed E-state index contributed by atoms with van der Waals surface area (Å²) >= 11 is 3.22. The van der Waals surface area contributed by atoms with Gasteiger partial charge >= 0.3 is 6.09 Å². The maximum absolute atomic E-state index is 11.6. The van der Waals surface area contributed by atoms with E-state index in [1.165, 1.54) is 7.11 Å². The van der Waals surface area contributed by atoms with Crippen LogP contribution in [0.15, 0.2) is 16.7 Å². The second kappa shape index (κ2) is 5.35. The van der Waals surface area contributed by atoms with Crippen molar-refractivity contribution in [2.75, 3.05) is 12.4 Å². The van der Waals surface area contributed by atoms with Crippen molar-refractivity contribution in [3.8, 4) is 5.75 Å². The molecular weight excluding hydrogens is 288 g/mol. The topological polar surface area (TPSA) is 60.5 Å². The van der Waals surface area contributed by atoms with Gasteiger partial charge in [0, 0.05) is 0 Å². The first-order chi connectivity index (χ1) is 7.81. The lowest BCUT2D eigenvalue weighted by molar-refractivity contribution is 0.0634. The molecule has 0 radical (unpaired) electrons. The van der Waals surface area contributed by atoms with Gasteiger partial charge in [-0.3, -0.25) is 5.32 Å². The third kappa shape index (κ3) is 4.60. The smallest absolute Gasteiger partial charge is 0.413 e. The van der Waals surface area contributed by atoms with Crippen LogP contribution < -0.4 is 10.1 Å². The molecule has 1 aromatic heterocycles. The SMILES string of the molecule is COc1ccc(Br)nc1NC(=O)OC(C)(C)C. The first-order valence-electron chi connectivity index (χ1n) is 5.02. The Bertz CT molecular complexity index is 416. The number of aromatic nitrogens is 1. The lowest BCUT2D eigenvalue weighted by atomic mass is 10.2. The Morgan fingerprint density at radius 3 is 2.59 bits per heavy atom. The van der Waals surface area contributed by atoms with E-state index in [9.17, 15) is 4.79 Å². The van der Waals surface area contributed by atoms with E-state index < -0.39 is 11.7 Å². The number of rotatable bonds is 2. The lowest BCUT2D eigenvalue weighted by Gasteiger charge is -2.19. The van der Waals surface area contributed by atoms with Gasteiger partial charge in [0.1, 0.15) is 10.2 Å². The van der Waals surface area contributed by atoms with Gasteiger partial charge in [-0.15, -0.1) is 0 Å². The van der Waals surface area contributed by atoms with Gasteiger partial charge in [0.05, 0.1) is 7.11 Å². The summed E-state index contributed by atoms with van der Waals surface area (Å²) in [5.41, 5.74) is -0.552. The molecule has 1 N–H and O–H groups in total. The number of halogens is 1. The average Bonchev–Trinajstić information content (AvgIpc) is 2.14. The van der Waals surface area contributed by atoms with Crippen molar-refractivity contribution in [3.05, 3.63) is 16.7 Å². The van der Waals surface area contributed by atoms with E-state index in [0.29, 0.717) is 16.2 Å². The Hall–Kier alpha value is -1.30. The predicted octanol–water partition coefficient (Wildman–Crippen LogP) is 3.20. The minimum Gasteiger partial charge on any atom is -0.493 e. The summed E-state index contributed by atoms with van der Waals surface area (Å²) in [6.07, 6.45) is -0.568. The van der Waals surface area contributed by atoms with Crippen LogP contribution in [0.1, 0.15) is 20.8 Å². The molecule has 1 heterocycles. The van der Waals surface area contributed by atoms with Crippen molar-refractivity contribution in [3.63, 3.8) is 0 Å². The Kier molecular flexibility index (Phi) is 4.34. The zero-order valence-corrected chi connectivity index (χ0v) is 11.8. The van der Waals surface area contributed by atoms with E-state index in [2.05, 4.69) is 26.2 Å². The summed E-state index contributed by atoms with van der Waals surface area (Å²) in [6, 6.07) is 3.42. The fourth-order valence-corrected chi connectivity index (χ4v) is 1.39. The quantitative estimate of drug-likeness (QED) is 0.852. The van der Waals surface area contributed by atoms with E-state index in [1.54, 1.807) is 32.9 Å². The molecule has 0 saturated carbocycles. The Morgan fingerprint density at radius 1 is 1.41 bits per heavy atom. The average molecular weight is 303 g/mol. The molecule has 0 aliphatic heterocycles. The van der Waals surface area contributed by atoms with Crippen LogP contribution in [0, 0.1) is 0 Å². The molecule has 0 fully saturated rings. The van der Waals surface area contributed by atoms with Gasteiger partial charge in [0.2, 0.25) is 0 Å². The van der Waals surface area contributed by atoms with Crippen LogP contribution in [-0.2, 0) is 4.74 Å².